The van der Waals surface area contributed by atoms with Crippen molar-refractivity contribution >= 4 is 0 Å². The molecule has 0 aromatic carbocycles. The van der Waals surface area contributed by atoms with E-state index >= 15 is 0 Å². The molecule has 1 nitrogen and oxygen atoms in total. The summed E-state index contributed by atoms with van der Waals surface area (Å²) in [5, 5.41) is 3.35. The number of hydrogen-bond acceptors (Lipinski definition) is 1. The van der Waals surface area contributed by atoms with Gasteiger partial charge in [-0.05, 0) is 31.2 Å². The summed E-state index contributed by atoms with van der Waals surface area (Å²) in [6.45, 7) is 7.04. The normalized spacial score (nSPS) is 37.4. The molecular weight excluding hydrogens is 134 g/mol. The van der Waals surface area contributed by atoms with Gasteiger partial charge in [0, 0.05) is 6.04 Å². The van der Waals surface area contributed by atoms with E-state index in [2.05, 4.69) is 33.1 Å². The molecule has 0 aliphatic heterocycles. The SMILES string of the molecule is CCC1(C(C)C)CC(NC)C1. The molecule has 1 aliphatic carbocycles. The molecule has 1 fully saturated rings. The van der Waals surface area contributed by atoms with Gasteiger partial charge in [-0.2, -0.15) is 0 Å². The third-order valence-corrected chi connectivity index (χ3v) is 3.64. The van der Waals surface area contributed by atoms with Crippen LogP contribution in [0.15, 0.2) is 0 Å². The second-order valence-electron chi connectivity index (χ2n) is 4.26. The zero-order chi connectivity index (χ0) is 8.48. The Labute approximate surface area is 70.6 Å². The lowest BCUT2D eigenvalue weighted by molar-refractivity contribution is 0.0288. The standard InChI is InChI=1S/C10H21N/c1-5-10(8(2)3)6-9(7-10)11-4/h8-9,11H,5-7H2,1-4H3. The molecule has 0 aromatic rings. The van der Waals surface area contributed by atoms with Gasteiger partial charge in [-0.15, -0.1) is 0 Å². The van der Waals surface area contributed by atoms with Gasteiger partial charge in [0.1, 0.15) is 0 Å². The lowest BCUT2D eigenvalue weighted by atomic mass is 9.58. The molecule has 11 heavy (non-hydrogen) atoms. The molecule has 0 aromatic heterocycles. The fraction of sp³-hybridized carbons (Fsp3) is 1.00. The van der Waals surface area contributed by atoms with E-state index in [0.29, 0.717) is 5.41 Å². The van der Waals surface area contributed by atoms with E-state index in [0.717, 1.165) is 12.0 Å². The highest BCUT2D eigenvalue weighted by atomic mass is 14.9. The van der Waals surface area contributed by atoms with E-state index in [4.69, 9.17) is 0 Å². The Bertz CT molecular complexity index is 123. The van der Waals surface area contributed by atoms with Crippen LogP contribution in [-0.4, -0.2) is 13.1 Å². The summed E-state index contributed by atoms with van der Waals surface area (Å²) in [4.78, 5) is 0. The number of nitrogens with one attached hydrogen (secondary N) is 1. The van der Waals surface area contributed by atoms with Crippen LogP contribution in [0.2, 0.25) is 0 Å². The van der Waals surface area contributed by atoms with Gasteiger partial charge >= 0.3 is 0 Å². The maximum Gasteiger partial charge on any atom is 0.00748 e. The molecule has 1 saturated carbocycles. The maximum absolute atomic E-state index is 3.35. The third kappa shape index (κ3) is 1.44. The Hall–Kier alpha value is -0.0400. The van der Waals surface area contributed by atoms with Crippen LogP contribution >= 0.6 is 0 Å². The lowest BCUT2D eigenvalue weighted by Gasteiger charge is -2.50. The highest BCUT2D eigenvalue weighted by molar-refractivity contribution is 4.97. The molecule has 1 aliphatic rings. The van der Waals surface area contributed by atoms with E-state index in [1.165, 1.54) is 19.3 Å². The molecule has 66 valence electrons. The molecule has 0 radical (unpaired) electrons. The van der Waals surface area contributed by atoms with Gasteiger partial charge in [0.25, 0.3) is 0 Å². The molecule has 1 heteroatoms. The summed E-state index contributed by atoms with van der Waals surface area (Å²) in [5.74, 6) is 0.858. The Morgan fingerprint density at radius 1 is 1.45 bits per heavy atom. The second-order valence-corrected chi connectivity index (χ2v) is 4.26. The Kier molecular flexibility index (Phi) is 2.58. The van der Waals surface area contributed by atoms with E-state index in [-0.39, 0.29) is 0 Å². The lowest BCUT2D eigenvalue weighted by Crippen LogP contribution is -2.50. The van der Waals surface area contributed by atoms with E-state index in [9.17, 15) is 0 Å². The molecule has 0 unspecified atom stereocenters. The maximum atomic E-state index is 3.35. The van der Waals surface area contributed by atoms with Crippen molar-refractivity contribution in [1.29, 1.82) is 0 Å². The summed E-state index contributed by atoms with van der Waals surface area (Å²) >= 11 is 0. The van der Waals surface area contributed by atoms with Crippen molar-refractivity contribution in [2.45, 2.75) is 46.1 Å². The van der Waals surface area contributed by atoms with Crippen molar-refractivity contribution in [1.82, 2.24) is 5.32 Å². The average molecular weight is 155 g/mol. The van der Waals surface area contributed by atoms with Crippen molar-refractivity contribution in [3.8, 4) is 0 Å². The summed E-state index contributed by atoms with van der Waals surface area (Å²) < 4.78 is 0. The largest absolute Gasteiger partial charge is 0.317 e. The quantitative estimate of drug-likeness (QED) is 0.660. The number of hydrogen-bond donors (Lipinski definition) is 1. The molecule has 1 N–H and O–H groups in total. The average Bonchev–Trinajstić information content (AvgIpc) is 1.86. The molecule has 0 spiro atoms. The Balaban J connectivity index is 2.43. The molecule has 0 atom stereocenters. The minimum atomic E-state index is 0.674. The van der Waals surface area contributed by atoms with Crippen LogP contribution in [-0.2, 0) is 0 Å². The minimum Gasteiger partial charge on any atom is -0.317 e. The monoisotopic (exact) mass is 155 g/mol. The first kappa shape index (κ1) is 9.05. The Morgan fingerprint density at radius 3 is 2.27 bits per heavy atom. The molecule has 0 bridgehead atoms. The van der Waals surface area contributed by atoms with Crippen molar-refractivity contribution in [2.75, 3.05) is 7.05 Å². The van der Waals surface area contributed by atoms with E-state index in [1.807, 2.05) is 0 Å². The van der Waals surface area contributed by atoms with Crippen LogP contribution in [0.25, 0.3) is 0 Å². The summed E-state index contributed by atoms with van der Waals surface area (Å²) in [5.41, 5.74) is 0.674. The van der Waals surface area contributed by atoms with E-state index < -0.39 is 0 Å². The van der Waals surface area contributed by atoms with Gasteiger partial charge in [0.05, 0.1) is 0 Å². The fourth-order valence-electron chi connectivity index (χ4n) is 2.29. The summed E-state index contributed by atoms with van der Waals surface area (Å²) in [7, 11) is 2.07. The molecule has 1 rings (SSSR count). The van der Waals surface area contributed by atoms with Crippen LogP contribution < -0.4 is 5.32 Å². The molecule has 0 heterocycles. The smallest absolute Gasteiger partial charge is 0.00748 e. The van der Waals surface area contributed by atoms with Crippen molar-refractivity contribution < 1.29 is 0 Å². The van der Waals surface area contributed by atoms with Crippen molar-refractivity contribution in [2.24, 2.45) is 11.3 Å². The highest BCUT2D eigenvalue weighted by Gasteiger charge is 2.43. The highest BCUT2D eigenvalue weighted by Crippen LogP contribution is 2.49. The van der Waals surface area contributed by atoms with Crippen LogP contribution in [0.5, 0.6) is 0 Å². The fourth-order valence-corrected chi connectivity index (χ4v) is 2.29. The number of rotatable bonds is 3. The van der Waals surface area contributed by atoms with Gasteiger partial charge in [-0.25, -0.2) is 0 Å². The summed E-state index contributed by atoms with van der Waals surface area (Å²) in [6, 6.07) is 0.803. The van der Waals surface area contributed by atoms with Gasteiger partial charge in [-0.1, -0.05) is 27.2 Å². The molecular formula is C10H21N. The van der Waals surface area contributed by atoms with Gasteiger partial charge in [0.15, 0.2) is 0 Å². The molecule has 0 amide bonds. The van der Waals surface area contributed by atoms with Gasteiger partial charge in [-0.3, -0.25) is 0 Å². The van der Waals surface area contributed by atoms with Crippen LogP contribution in [0, 0.1) is 11.3 Å². The Morgan fingerprint density at radius 2 is 2.00 bits per heavy atom. The minimum absolute atomic E-state index is 0.674. The van der Waals surface area contributed by atoms with Gasteiger partial charge in [0.2, 0.25) is 0 Å². The van der Waals surface area contributed by atoms with E-state index in [1.54, 1.807) is 0 Å². The topological polar surface area (TPSA) is 12.0 Å². The second kappa shape index (κ2) is 3.14. The van der Waals surface area contributed by atoms with Crippen LogP contribution in [0.3, 0.4) is 0 Å². The predicted molar refractivity (Wildman–Crippen MR) is 49.6 cm³/mol. The predicted octanol–water partition coefficient (Wildman–Crippen LogP) is 2.42. The van der Waals surface area contributed by atoms with Gasteiger partial charge < -0.3 is 5.32 Å². The first-order chi connectivity index (χ1) is 5.14. The molecule has 0 saturated heterocycles. The van der Waals surface area contributed by atoms with Crippen molar-refractivity contribution in [3.05, 3.63) is 0 Å². The zero-order valence-electron chi connectivity index (χ0n) is 8.28. The van der Waals surface area contributed by atoms with Crippen LogP contribution in [0.4, 0.5) is 0 Å². The summed E-state index contributed by atoms with van der Waals surface area (Å²) in [6.07, 6.45) is 4.12. The first-order valence-electron chi connectivity index (χ1n) is 4.82. The zero-order valence-corrected chi connectivity index (χ0v) is 8.28. The first-order valence-corrected chi connectivity index (χ1v) is 4.82. The third-order valence-electron chi connectivity index (χ3n) is 3.64. The van der Waals surface area contributed by atoms with Crippen LogP contribution in [0.1, 0.15) is 40.0 Å². The van der Waals surface area contributed by atoms with Crippen molar-refractivity contribution in [3.63, 3.8) is 0 Å².